The van der Waals surface area contributed by atoms with Gasteiger partial charge in [-0.2, -0.15) is 0 Å². The summed E-state index contributed by atoms with van der Waals surface area (Å²) < 4.78 is 37.1. The number of imide groups is 1. The Hall–Kier alpha value is -2.78. The summed E-state index contributed by atoms with van der Waals surface area (Å²) in [5.41, 5.74) is 1.35. The first-order valence-corrected chi connectivity index (χ1v) is 12.4. The van der Waals surface area contributed by atoms with E-state index in [1.165, 1.54) is 24.3 Å². The summed E-state index contributed by atoms with van der Waals surface area (Å²) in [6.07, 6.45) is 1.68. The van der Waals surface area contributed by atoms with Crippen LogP contribution in [0.3, 0.4) is 0 Å². The Morgan fingerprint density at radius 1 is 0.969 bits per heavy atom. The second-order valence-electron chi connectivity index (χ2n) is 8.13. The summed E-state index contributed by atoms with van der Waals surface area (Å²) in [5.74, 6) is -0.948. The van der Waals surface area contributed by atoms with Crippen molar-refractivity contribution in [1.29, 1.82) is 0 Å². The van der Waals surface area contributed by atoms with Crippen molar-refractivity contribution >= 4 is 33.0 Å². The molecular formula is C23H26FN3O4S. The minimum atomic E-state index is -3.21. The van der Waals surface area contributed by atoms with Gasteiger partial charge in [0, 0.05) is 24.8 Å². The van der Waals surface area contributed by atoms with Gasteiger partial charge in [-0.05, 0) is 61.4 Å². The van der Waals surface area contributed by atoms with E-state index in [2.05, 4.69) is 10.2 Å². The summed E-state index contributed by atoms with van der Waals surface area (Å²) in [4.78, 5) is 28.8. The number of carbonyl (C=O) groups is 2. The topological polar surface area (TPSA) is 86.8 Å². The zero-order chi connectivity index (χ0) is 22.9. The standard InChI is InChI=1S/C23H26FN3O4S/c1-2-32(30,31)20-9-7-18(8-10-20)26-13-11-17(12-14-26)25-21-15-22(28)27(23(21)29)19-5-3-16(24)4-6-19/h3-10,17,21,25H,2,11-15H2,1H3/t21-/m1/s1. The van der Waals surface area contributed by atoms with Crippen molar-refractivity contribution in [2.75, 3.05) is 28.6 Å². The molecule has 2 aromatic rings. The number of nitrogens with one attached hydrogen (secondary N) is 1. The number of anilines is 2. The maximum absolute atomic E-state index is 13.2. The first-order chi connectivity index (χ1) is 15.3. The lowest BCUT2D eigenvalue weighted by Crippen LogP contribution is -2.48. The molecule has 2 amide bonds. The highest BCUT2D eigenvalue weighted by atomic mass is 32.2. The largest absolute Gasteiger partial charge is 0.371 e. The first kappa shape index (κ1) is 22.4. The third-order valence-corrected chi connectivity index (χ3v) is 7.85. The number of nitrogens with zero attached hydrogens (tertiary/aromatic N) is 2. The van der Waals surface area contributed by atoms with E-state index < -0.39 is 21.7 Å². The SMILES string of the molecule is CCS(=O)(=O)c1ccc(N2CCC(N[C@@H]3CC(=O)N(c4ccc(F)cc4)C3=O)CC2)cc1. The van der Waals surface area contributed by atoms with Gasteiger partial charge in [0.25, 0.3) is 5.91 Å². The highest BCUT2D eigenvalue weighted by Gasteiger charge is 2.40. The molecule has 0 saturated carbocycles. The van der Waals surface area contributed by atoms with Crippen LogP contribution in [0.5, 0.6) is 0 Å². The summed E-state index contributed by atoms with van der Waals surface area (Å²) in [5, 5.41) is 3.33. The molecule has 9 heteroatoms. The predicted molar refractivity (Wildman–Crippen MR) is 120 cm³/mol. The highest BCUT2D eigenvalue weighted by molar-refractivity contribution is 7.91. The van der Waals surface area contributed by atoms with Gasteiger partial charge in [0.15, 0.2) is 9.84 Å². The van der Waals surface area contributed by atoms with Crippen LogP contribution in [0.1, 0.15) is 26.2 Å². The first-order valence-electron chi connectivity index (χ1n) is 10.7. The lowest BCUT2D eigenvalue weighted by molar-refractivity contribution is -0.121. The summed E-state index contributed by atoms with van der Waals surface area (Å²) in [6, 6.07) is 11.8. The molecular weight excluding hydrogens is 433 g/mol. The molecule has 2 aliphatic rings. The fourth-order valence-corrected chi connectivity index (χ4v) is 5.13. The molecule has 0 bridgehead atoms. The lowest BCUT2D eigenvalue weighted by Gasteiger charge is -2.35. The van der Waals surface area contributed by atoms with Gasteiger partial charge in [-0.25, -0.2) is 17.7 Å². The van der Waals surface area contributed by atoms with E-state index in [9.17, 15) is 22.4 Å². The third kappa shape index (κ3) is 4.54. The molecule has 0 unspecified atom stereocenters. The van der Waals surface area contributed by atoms with Crippen molar-refractivity contribution in [3.8, 4) is 0 Å². The number of hydrogen-bond acceptors (Lipinski definition) is 6. The molecule has 2 fully saturated rings. The molecule has 170 valence electrons. The average molecular weight is 460 g/mol. The summed E-state index contributed by atoms with van der Waals surface area (Å²) >= 11 is 0. The third-order valence-electron chi connectivity index (χ3n) is 6.10. The molecule has 7 nitrogen and oxygen atoms in total. The van der Waals surface area contributed by atoms with Gasteiger partial charge < -0.3 is 10.2 Å². The molecule has 0 aliphatic carbocycles. The Morgan fingerprint density at radius 2 is 1.56 bits per heavy atom. The monoisotopic (exact) mass is 459 g/mol. The molecule has 2 aromatic carbocycles. The number of rotatable bonds is 6. The van der Waals surface area contributed by atoms with Crippen LogP contribution in [0, 0.1) is 5.82 Å². The fraction of sp³-hybridized carbons (Fsp3) is 0.391. The number of benzene rings is 2. The van der Waals surface area contributed by atoms with Crippen LogP contribution in [0.25, 0.3) is 0 Å². The van der Waals surface area contributed by atoms with Gasteiger partial charge in [-0.15, -0.1) is 0 Å². The Balaban J connectivity index is 1.34. The lowest BCUT2D eigenvalue weighted by atomic mass is 10.0. The van der Waals surface area contributed by atoms with Crippen LogP contribution < -0.4 is 15.1 Å². The minimum absolute atomic E-state index is 0.0738. The van der Waals surface area contributed by atoms with E-state index in [-0.39, 0.29) is 30.0 Å². The van der Waals surface area contributed by atoms with Crippen LogP contribution in [0.2, 0.25) is 0 Å². The van der Waals surface area contributed by atoms with E-state index in [0.29, 0.717) is 10.6 Å². The maximum atomic E-state index is 13.2. The van der Waals surface area contributed by atoms with Crippen molar-refractivity contribution in [2.45, 2.75) is 43.2 Å². The van der Waals surface area contributed by atoms with E-state index >= 15 is 0 Å². The van der Waals surface area contributed by atoms with E-state index in [0.717, 1.165) is 36.5 Å². The smallest absolute Gasteiger partial charge is 0.251 e. The summed E-state index contributed by atoms with van der Waals surface area (Å²) in [7, 11) is -3.21. The van der Waals surface area contributed by atoms with Gasteiger partial charge in [-0.3, -0.25) is 9.59 Å². The number of hydrogen-bond donors (Lipinski definition) is 1. The van der Waals surface area contributed by atoms with E-state index in [4.69, 9.17) is 0 Å². The summed E-state index contributed by atoms with van der Waals surface area (Å²) in [6.45, 7) is 3.14. The number of amides is 2. The van der Waals surface area contributed by atoms with Crippen molar-refractivity contribution in [3.63, 3.8) is 0 Å². The molecule has 0 aromatic heterocycles. The Kier molecular flexibility index (Phi) is 6.30. The molecule has 0 spiro atoms. The maximum Gasteiger partial charge on any atom is 0.251 e. The number of piperidine rings is 1. The van der Waals surface area contributed by atoms with Gasteiger partial charge in [0.05, 0.1) is 28.8 Å². The molecule has 2 saturated heterocycles. The Labute approximate surface area is 187 Å². The van der Waals surface area contributed by atoms with Crippen LogP contribution in [-0.4, -0.2) is 51.2 Å². The number of halogens is 1. The van der Waals surface area contributed by atoms with Crippen molar-refractivity contribution in [1.82, 2.24) is 5.32 Å². The molecule has 1 N–H and O–H groups in total. The van der Waals surface area contributed by atoms with Gasteiger partial charge >= 0.3 is 0 Å². The normalized spacial score (nSPS) is 20.2. The number of carbonyl (C=O) groups excluding carboxylic acids is 2. The number of sulfone groups is 1. The van der Waals surface area contributed by atoms with Crippen molar-refractivity contribution < 1.29 is 22.4 Å². The second kappa shape index (κ2) is 8.99. The Morgan fingerprint density at radius 3 is 2.16 bits per heavy atom. The van der Waals surface area contributed by atoms with Crippen LogP contribution in [-0.2, 0) is 19.4 Å². The molecule has 0 radical (unpaired) electrons. The molecule has 32 heavy (non-hydrogen) atoms. The molecule has 4 rings (SSSR count). The van der Waals surface area contributed by atoms with Crippen molar-refractivity contribution in [3.05, 3.63) is 54.3 Å². The van der Waals surface area contributed by atoms with Gasteiger partial charge in [0.1, 0.15) is 5.82 Å². The van der Waals surface area contributed by atoms with E-state index in [1.807, 2.05) is 12.1 Å². The minimum Gasteiger partial charge on any atom is -0.371 e. The zero-order valence-electron chi connectivity index (χ0n) is 17.8. The van der Waals surface area contributed by atoms with Gasteiger partial charge in [0.2, 0.25) is 5.91 Å². The van der Waals surface area contributed by atoms with Crippen LogP contribution >= 0.6 is 0 Å². The van der Waals surface area contributed by atoms with E-state index in [1.54, 1.807) is 19.1 Å². The molecule has 2 aliphatic heterocycles. The van der Waals surface area contributed by atoms with Gasteiger partial charge in [-0.1, -0.05) is 6.92 Å². The predicted octanol–water partition coefficient (Wildman–Crippen LogP) is 2.51. The molecule has 2 heterocycles. The van der Waals surface area contributed by atoms with Crippen LogP contribution in [0.4, 0.5) is 15.8 Å². The van der Waals surface area contributed by atoms with Crippen LogP contribution in [0.15, 0.2) is 53.4 Å². The average Bonchev–Trinajstić information content (AvgIpc) is 3.08. The molecule has 1 atom stereocenters. The zero-order valence-corrected chi connectivity index (χ0v) is 18.6. The quantitative estimate of drug-likeness (QED) is 0.668. The van der Waals surface area contributed by atoms with Crippen molar-refractivity contribution in [2.24, 2.45) is 0 Å². The fourth-order valence-electron chi connectivity index (χ4n) is 4.24. The second-order valence-corrected chi connectivity index (χ2v) is 10.4. The highest BCUT2D eigenvalue weighted by Crippen LogP contribution is 2.26. The Bertz CT molecular complexity index is 1100.